The average Bonchev–Trinajstić information content (AvgIpc) is 3.26. The highest BCUT2D eigenvalue weighted by atomic mass is 19.1. The molecular formula is C24H29FN6. The van der Waals surface area contributed by atoms with Crippen LogP contribution in [-0.2, 0) is 32.4 Å². The highest BCUT2D eigenvalue weighted by molar-refractivity contribution is 5.80. The van der Waals surface area contributed by atoms with Gasteiger partial charge in [0.25, 0.3) is 0 Å². The fourth-order valence-corrected chi connectivity index (χ4v) is 3.96. The second kappa shape index (κ2) is 10.2. The van der Waals surface area contributed by atoms with Gasteiger partial charge in [0, 0.05) is 25.6 Å². The Morgan fingerprint density at radius 3 is 2.77 bits per heavy atom. The molecule has 0 bridgehead atoms. The molecule has 7 heteroatoms. The first kappa shape index (κ1) is 21.0. The van der Waals surface area contributed by atoms with Gasteiger partial charge >= 0.3 is 0 Å². The summed E-state index contributed by atoms with van der Waals surface area (Å²) in [7, 11) is 0. The lowest BCUT2D eigenvalue weighted by molar-refractivity contribution is 0.517. The molecule has 0 spiro atoms. The molecule has 31 heavy (non-hydrogen) atoms. The molecule has 0 saturated carbocycles. The van der Waals surface area contributed by atoms with E-state index in [1.807, 2.05) is 0 Å². The first-order chi connectivity index (χ1) is 15.2. The maximum absolute atomic E-state index is 13.2. The third kappa shape index (κ3) is 5.69. The molecule has 2 aromatic carbocycles. The molecule has 6 nitrogen and oxygen atoms in total. The fraction of sp³-hybridized carbons (Fsp3) is 0.375. The number of hydrogen-bond donors (Lipinski definition) is 2. The minimum Gasteiger partial charge on any atom is -0.355 e. The number of aromatic nitrogens is 3. The van der Waals surface area contributed by atoms with E-state index in [2.05, 4.69) is 56.6 Å². The van der Waals surface area contributed by atoms with Gasteiger partial charge in [-0.15, -0.1) is 10.2 Å². The molecule has 1 aromatic heterocycles. The van der Waals surface area contributed by atoms with Crippen molar-refractivity contribution >= 4 is 5.96 Å². The van der Waals surface area contributed by atoms with Crippen LogP contribution in [0.5, 0.6) is 0 Å². The number of guanidine groups is 1. The molecule has 4 rings (SSSR count). The van der Waals surface area contributed by atoms with E-state index < -0.39 is 0 Å². The van der Waals surface area contributed by atoms with Crippen LogP contribution in [0.15, 0.2) is 59.9 Å². The normalized spacial score (nSPS) is 16.1. The van der Waals surface area contributed by atoms with Crippen LogP contribution in [0, 0.1) is 5.82 Å². The van der Waals surface area contributed by atoms with Crippen molar-refractivity contribution in [1.82, 2.24) is 25.4 Å². The summed E-state index contributed by atoms with van der Waals surface area (Å²) in [5, 5.41) is 15.2. The summed E-state index contributed by atoms with van der Waals surface area (Å²) >= 11 is 0. The number of nitrogens with one attached hydrogen (secondary N) is 2. The number of aryl methyl sites for hydroxylation is 2. The molecule has 1 aliphatic carbocycles. The smallest absolute Gasteiger partial charge is 0.191 e. The molecule has 1 aliphatic rings. The molecule has 1 unspecified atom stereocenters. The number of aliphatic imine (C=N–C) groups is 1. The lowest BCUT2D eigenvalue weighted by Gasteiger charge is -2.27. The van der Waals surface area contributed by atoms with Crippen molar-refractivity contribution in [2.24, 2.45) is 4.99 Å². The number of fused-ring (bicyclic) bond motifs is 1. The van der Waals surface area contributed by atoms with Crippen LogP contribution in [0.4, 0.5) is 4.39 Å². The minimum atomic E-state index is -0.231. The van der Waals surface area contributed by atoms with E-state index in [1.165, 1.54) is 23.3 Å². The van der Waals surface area contributed by atoms with Crippen molar-refractivity contribution in [2.75, 3.05) is 6.54 Å². The van der Waals surface area contributed by atoms with Crippen molar-refractivity contribution in [3.63, 3.8) is 0 Å². The molecule has 0 fully saturated rings. The highest BCUT2D eigenvalue weighted by Gasteiger charge is 2.19. The Morgan fingerprint density at radius 1 is 1.16 bits per heavy atom. The summed E-state index contributed by atoms with van der Waals surface area (Å²) in [6.45, 7) is 4.04. The number of rotatable bonds is 7. The van der Waals surface area contributed by atoms with Gasteiger partial charge in [-0.2, -0.15) is 0 Å². The molecule has 0 aliphatic heterocycles. The van der Waals surface area contributed by atoms with Gasteiger partial charge in [0.15, 0.2) is 5.96 Å². The van der Waals surface area contributed by atoms with Crippen LogP contribution < -0.4 is 10.6 Å². The molecule has 1 atom stereocenters. The number of nitrogens with zero attached hydrogens (tertiary/aromatic N) is 4. The Labute approximate surface area is 182 Å². The van der Waals surface area contributed by atoms with E-state index in [1.54, 1.807) is 18.5 Å². The quantitative estimate of drug-likeness (QED) is 0.455. The summed E-state index contributed by atoms with van der Waals surface area (Å²) in [5.41, 5.74) is 3.82. The highest BCUT2D eigenvalue weighted by Crippen LogP contribution is 2.21. The SMILES string of the molecule is CCc1nncn1CCNC(=NCc1ccc(F)cc1)NC1CCc2ccccc2C1. The maximum Gasteiger partial charge on any atom is 0.191 e. The predicted octanol–water partition coefficient (Wildman–Crippen LogP) is 3.27. The zero-order valence-electron chi connectivity index (χ0n) is 17.9. The molecule has 0 saturated heterocycles. The summed E-state index contributed by atoms with van der Waals surface area (Å²) in [6, 6.07) is 15.5. The summed E-state index contributed by atoms with van der Waals surface area (Å²) < 4.78 is 15.3. The molecule has 1 heterocycles. The Hall–Kier alpha value is -3.22. The minimum absolute atomic E-state index is 0.231. The molecule has 3 aromatic rings. The summed E-state index contributed by atoms with van der Waals surface area (Å²) in [5.74, 6) is 1.52. The summed E-state index contributed by atoms with van der Waals surface area (Å²) in [4.78, 5) is 4.77. The van der Waals surface area contributed by atoms with Crippen LogP contribution >= 0.6 is 0 Å². The van der Waals surface area contributed by atoms with E-state index in [0.717, 1.165) is 49.6 Å². The van der Waals surface area contributed by atoms with Crippen LogP contribution in [0.25, 0.3) is 0 Å². The van der Waals surface area contributed by atoms with E-state index >= 15 is 0 Å². The van der Waals surface area contributed by atoms with E-state index in [4.69, 9.17) is 4.99 Å². The third-order valence-corrected chi connectivity index (χ3v) is 5.68. The number of benzene rings is 2. The molecular weight excluding hydrogens is 391 g/mol. The van der Waals surface area contributed by atoms with Gasteiger partial charge in [-0.1, -0.05) is 43.3 Å². The maximum atomic E-state index is 13.2. The molecule has 0 radical (unpaired) electrons. The van der Waals surface area contributed by atoms with Gasteiger partial charge in [-0.25, -0.2) is 9.38 Å². The second-order valence-corrected chi connectivity index (χ2v) is 7.86. The monoisotopic (exact) mass is 420 g/mol. The van der Waals surface area contributed by atoms with Crippen molar-refractivity contribution in [2.45, 2.75) is 51.7 Å². The lowest BCUT2D eigenvalue weighted by Crippen LogP contribution is -2.46. The zero-order valence-corrected chi connectivity index (χ0v) is 17.9. The Balaban J connectivity index is 1.41. The van der Waals surface area contributed by atoms with Crippen molar-refractivity contribution in [3.8, 4) is 0 Å². The van der Waals surface area contributed by atoms with Gasteiger partial charge in [0.1, 0.15) is 18.0 Å². The van der Waals surface area contributed by atoms with Crippen molar-refractivity contribution in [3.05, 3.63) is 83.2 Å². The van der Waals surface area contributed by atoms with E-state index in [9.17, 15) is 4.39 Å². The number of halogens is 1. The van der Waals surface area contributed by atoms with Gasteiger partial charge in [0.05, 0.1) is 6.54 Å². The fourth-order valence-electron chi connectivity index (χ4n) is 3.96. The largest absolute Gasteiger partial charge is 0.355 e. The van der Waals surface area contributed by atoms with E-state index in [0.29, 0.717) is 19.1 Å². The first-order valence-electron chi connectivity index (χ1n) is 10.9. The van der Waals surface area contributed by atoms with Gasteiger partial charge in [-0.3, -0.25) is 0 Å². The standard InChI is InChI=1S/C24H29FN6/c1-2-23-30-28-17-31(23)14-13-26-24(27-16-18-7-10-21(25)11-8-18)29-22-12-9-19-5-3-4-6-20(19)15-22/h3-8,10-11,17,22H,2,9,12-16H2,1H3,(H2,26,27,29). The van der Waals surface area contributed by atoms with Gasteiger partial charge < -0.3 is 15.2 Å². The Morgan fingerprint density at radius 2 is 1.97 bits per heavy atom. The zero-order chi connectivity index (χ0) is 21.5. The summed E-state index contributed by atoms with van der Waals surface area (Å²) in [6.07, 6.45) is 5.74. The first-order valence-corrected chi connectivity index (χ1v) is 10.9. The Kier molecular flexibility index (Phi) is 6.92. The number of hydrogen-bond acceptors (Lipinski definition) is 3. The van der Waals surface area contributed by atoms with E-state index in [-0.39, 0.29) is 5.82 Å². The van der Waals surface area contributed by atoms with Crippen LogP contribution in [0.3, 0.4) is 0 Å². The molecule has 162 valence electrons. The third-order valence-electron chi connectivity index (χ3n) is 5.68. The molecule has 0 amide bonds. The lowest BCUT2D eigenvalue weighted by atomic mass is 9.88. The second-order valence-electron chi connectivity index (χ2n) is 7.86. The Bertz CT molecular complexity index is 1010. The topological polar surface area (TPSA) is 67.1 Å². The average molecular weight is 421 g/mol. The van der Waals surface area contributed by atoms with Crippen molar-refractivity contribution < 1.29 is 4.39 Å². The van der Waals surface area contributed by atoms with Crippen LogP contribution in [-0.4, -0.2) is 33.3 Å². The van der Waals surface area contributed by atoms with Gasteiger partial charge in [-0.05, 0) is 48.1 Å². The van der Waals surface area contributed by atoms with Crippen LogP contribution in [0.1, 0.15) is 35.9 Å². The van der Waals surface area contributed by atoms with Crippen LogP contribution in [0.2, 0.25) is 0 Å². The molecule has 2 N–H and O–H groups in total. The predicted molar refractivity (Wildman–Crippen MR) is 120 cm³/mol. The van der Waals surface area contributed by atoms with Gasteiger partial charge in [0.2, 0.25) is 0 Å². The van der Waals surface area contributed by atoms with Crippen molar-refractivity contribution in [1.29, 1.82) is 0 Å².